The van der Waals surface area contributed by atoms with Crippen molar-refractivity contribution in [3.63, 3.8) is 0 Å². The molecule has 88 valence electrons. The van der Waals surface area contributed by atoms with E-state index in [1.165, 1.54) is 42.4 Å². The maximum Gasteiger partial charge on any atom is 0.122 e. The summed E-state index contributed by atoms with van der Waals surface area (Å²) >= 11 is 0. The molecule has 0 radical (unpaired) electrons. The number of fused-ring (bicyclic) bond motifs is 1. The highest BCUT2D eigenvalue weighted by Crippen LogP contribution is 2.33. The largest absolute Gasteiger partial charge is 0.496 e. The smallest absolute Gasteiger partial charge is 0.122 e. The summed E-state index contributed by atoms with van der Waals surface area (Å²) in [5, 5.41) is 0. The Labute approximate surface area is 97.8 Å². The predicted octanol–water partition coefficient (Wildman–Crippen LogP) is 2.38. The normalized spacial score (nSPS) is 14.7. The molecule has 0 spiro atoms. The standard InChI is InChI=1S/C14H21NO/c1-10-12-6-4-3-5-11(12)9-14(16-2)13(10)7-8-15/h9H,3-8,15H2,1-2H3. The van der Waals surface area contributed by atoms with Crippen LogP contribution in [0.4, 0.5) is 0 Å². The van der Waals surface area contributed by atoms with Crippen molar-refractivity contribution in [2.45, 2.75) is 39.0 Å². The van der Waals surface area contributed by atoms with Gasteiger partial charge in [-0.1, -0.05) is 0 Å². The Kier molecular flexibility index (Phi) is 3.49. The van der Waals surface area contributed by atoms with Crippen LogP contribution >= 0.6 is 0 Å². The first-order valence-electron chi connectivity index (χ1n) is 6.16. The molecule has 0 bridgehead atoms. The Morgan fingerprint density at radius 3 is 2.75 bits per heavy atom. The van der Waals surface area contributed by atoms with Gasteiger partial charge in [0.2, 0.25) is 0 Å². The Hall–Kier alpha value is -1.02. The highest BCUT2D eigenvalue weighted by molar-refractivity contribution is 5.50. The molecule has 0 aromatic heterocycles. The van der Waals surface area contributed by atoms with Gasteiger partial charge in [0, 0.05) is 0 Å². The van der Waals surface area contributed by atoms with Crippen LogP contribution in [-0.2, 0) is 19.3 Å². The van der Waals surface area contributed by atoms with Gasteiger partial charge in [-0.3, -0.25) is 0 Å². The predicted molar refractivity (Wildman–Crippen MR) is 67.1 cm³/mol. The van der Waals surface area contributed by atoms with E-state index in [-0.39, 0.29) is 0 Å². The average molecular weight is 219 g/mol. The number of nitrogens with two attached hydrogens (primary N) is 1. The van der Waals surface area contributed by atoms with Crippen LogP contribution in [0.25, 0.3) is 0 Å². The fraction of sp³-hybridized carbons (Fsp3) is 0.571. The number of methoxy groups -OCH3 is 1. The molecule has 1 aliphatic carbocycles. The summed E-state index contributed by atoms with van der Waals surface area (Å²) in [5.41, 5.74) is 11.4. The molecule has 0 aliphatic heterocycles. The summed E-state index contributed by atoms with van der Waals surface area (Å²) in [5.74, 6) is 1.03. The molecule has 0 fully saturated rings. The molecule has 0 atom stereocenters. The maximum absolute atomic E-state index is 5.67. The van der Waals surface area contributed by atoms with Crippen LogP contribution in [0.5, 0.6) is 5.75 Å². The van der Waals surface area contributed by atoms with Gasteiger partial charge in [-0.25, -0.2) is 0 Å². The van der Waals surface area contributed by atoms with Gasteiger partial charge in [0.25, 0.3) is 0 Å². The van der Waals surface area contributed by atoms with E-state index in [2.05, 4.69) is 13.0 Å². The zero-order chi connectivity index (χ0) is 11.5. The molecule has 2 rings (SSSR count). The summed E-state index contributed by atoms with van der Waals surface area (Å²) < 4.78 is 5.49. The van der Waals surface area contributed by atoms with Gasteiger partial charge < -0.3 is 10.5 Å². The second-order valence-electron chi connectivity index (χ2n) is 4.57. The van der Waals surface area contributed by atoms with Crippen LogP contribution in [0.1, 0.15) is 35.1 Å². The molecule has 0 unspecified atom stereocenters. The monoisotopic (exact) mass is 219 g/mol. The van der Waals surface area contributed by atoms with E-state index in [9.17, 15) is 0 Å². The third-order valence-electron chi connectivity index (χ3n) is 3.63. The first-order valence-corrected chi connectivity index (χ1v) is 6.16. The summed E-state index contributed by atoms with van der Waals surface area (Å²) in [4.78, 5) is 0. The van der Waals surface area contributed by atoms with E-state index in [1.54, 1.807) is 12.7 Å². The number of aryl methyl sites for hydroxylation is 1. The lowest BCUT2D eigenvalue weighted by Gasteiger charge is -2.22. The Balaban J connectivity index is 2.50. The van der Waals surface area contributed by atoms with E-state index in [4.69, 9.17) is 10.5 Å². The molecular formula is C14H21NO. The Bertz CT molecular complexity index is 385. The molecule has 2 N–H and O–H groups in total. The van der Waals surface area contributed by atoms with Crippen LogP contribution in [0, 0.1) is 6.92 Å². The molecule has 1 aliphatic rings. The lowest BCUT2D eigenvalue weighted by atomic mass is 9.85. The van der Waals surface area contributed by atoms with Crippen molar-refractivity contribution in [2.24, 2.45) is 5.73 Å². The SMILES string of the molecule is COc1cc2c(c(C)c1CCN)CCCC2. The van der Waals surface area contributed by atoms with E-state index >= 15 is 0 Å². The highest BCUT2D eigenvalue weighted by atomic mass is 16.5. The first-order chi connectivity index (χ1) is 7.77. The van der Waals surface area contributed by atoms with Gasteiger partial charge in [-0.15, -0.1) is 0 Å². The number of rotatable bonds is 3. The molecule has 1 aromatic carbocycles. The minimum absolute atomic E-state index is 0.690. The van der Waals surface area contributed by atoms with E-state index in [0.29, 0.717) is 6.54 Å². The summed E-state index contributed by atoms with van der Waals surface area (Å²) in [6, 6.07) is 2.23. The van der Waals surface area contributed by atoms with Crippen LogP contribution in [0.3, 0.4) is 0 Å². The van der Waals surface area contributed by atoms with Gasteiger partial charge in [-0.2, -0.15) is 0 Å². The zero-order valence-corrected chi connectivity index (χ0v) is 10.3. The van der Waals surface area contributed by atoms with Crippen molar-refractivity contribution >= 4 is 0 Å². The molecular weight excluding hydrogens is 198 g/mol. The van der Waals surface area contributed by atoms with Crippen molar-refractivity contribution in [1.82, 2.24) is 0 Å². The van der Waals surface area contributed by atoms with Gasteiger partial charge >= 0.3 is 0 Å². The summed E-state index contributed by atoms with van der Waals surface area (Å²) in [6.45, 7) is 2.91. The molecule has 16 heavy (non-hydrogen) atoms. The fourth-order valence-corrected chi connectivity index (χ4v) is 2.77. The van der Waals surface area contributed by atoms with Gasteiger partial charge in [-0.05, 0) is 73.9 Å². The van der Waals surface area contributed by atoms with Crippen LogP contribution < -0.4 is 10.5 Å². The highest BCUT2D eigenvalue weighted by Gasteiger charge is 2.17. The Morgan fingerprint density at radius 1 is 1.31 bits per heavy atom. The molecule has 2 nitrogen and oxygen atoms in total. The van der Waals surface area contributed by atoms with Crippen molar-refractivity contribution in [2.75, 3.05) is 13.7 Å². The topological polar surface area (TPSA) is 35.2 Å². The van der Waals surface area contributed by atoms with Crippen molar-refractivity contribution in [1.29, 1.82) is 0 Å². The summed E-state index contributed by atoms with van der Waals surface area (Å²) in [6.07, 6.45) is 5.98. The van der Waals surface area contributed by atoms with Crippen molar-refractivity contribution < 1.29 is 4.74 Å². The Morgan fingerprint density at radius 2 is 2.06 bits per heavy atom. The zero-order valence-electron chi connectivity index (χ0n) is 10.3. The molecule has 0 heterocycles. The first kappa shape index (κ1) is 11.5. The van der Waals surface area contributed by atoms with Gasteiger partial charge in [0.15, 0.2) is 0 Å². The lowest BCUT2D eigenvalue weighted by molar-refractivity contribution is 0.408. The summed E-state index contributed by atoms with van der Waals surface area (Å²) in [7, 11) is 1.75. The quantitative estimate of drug-likeness (QED) is 0.847. The van der Waals surface area contributed by atoms with Crippen LogP contribution in [-0.4, -0.2) is 13.7 Å². The fourth-order valence-electron chi connectivity index (χ4n) is 2.77. The van der Waals surface area contributed by atoms with E-state index in [0.717, 1.165) is 12.2 Å². The number of ether oxygens (including phenoxy) is 1. The van der Waals surface area contributed by atoms with Gasteiger partial charge in [0.1, 0.15) is 5.75 Å². The van der Waals surface area contributed by atoms with Crippen molar-refractivity contribution in [3.8, 4) is 5.75 Å². The molecule has 1 aromatic rings. The maximum atomic E-state index is 5.67. The van der Waals surface area contributed by atoms with E-state index in [1.807, 2.05) is 0 Å². The minimum atomic E-state index is 0.690. The van der Waals surface area contributed by atoms with E-state index < -0.39 is 0 Å². The van der Waals surface area contributed by atoms with Crippen LogP contribution in [0.2, 0.25) is 0 Å². The molecule has 0 amide bonds. The van der Waals surface area contributed by atoms with Crippen molar-refractivity contribution in [3.05, 3.63) is 28.3 Å². The molecule has 0 saturated heterocycles. The lowest BCUT2D eigenvalue weighted by Crippen LogP contribution is -2.11. The minimum Gasteiger partial charge on any atom is -0.496 e. The average Bonchev–Trinajstić information content (AvgIpc) is 2.33. The number of benzene rings is 1. The third-order valence-corrected chi connectivity index (χ3v) is 3.63. The molecule has 0 saturated carbocycles. The molecule has 2 heteroatoms. The number of hydrogen-bond donors (Lipinski definition) is 1. The second kappa shape index (κ2) is 4.88. The van der Waals surface area contributed by atoms with Gasteiger partial charge in [0.05, 0.1) is 7.11 Å². The number of hydrogen-bond acceptors (Lipinski definition) is 2. The van der Waals surface area contributed by atoms with Crippen LogP contribution in [0.15, 0.2) is 6.07 Å². The third kappa shape index (κ3) is 1.94. The second-order valence-corrected chi connectivity index (χ2v) is 4.57.